The summed E-state index contributed by atoms with van der Waals surface area (Å²) in [5.41, 5.74) is 15.6. The summed E-state index contributed by atoms with van der Waals surface area (Å²) in [6, 6.07) is 12.9. The fourth-order valence-corrected chi connectivity index (χ4v) is 4.11. The van der Waals surface area contributed by atoms with Crippen LogP contribution in [0.2, 0.25) is 0 Å². The standard InChI is InChI=1S/C23H28N7OS/c1-14(2)32-20-9-6-16(10-17(20)11-24)19-13-28-22(25)21(29-19)23(26)30(31)18-7-4-15(5-8-18)12-27-3/h4-10,13-14,26-27H,11-12,24H2,1-3H3,(H2,25,28)/q+1. The lowest BCUT2D eigenvalue weighted by atomic mass is 10.1. The molecule has 0 spiro atoms. The van der Waals surface area contributed by atoms with Gasteiger partial charge < -0.3 is 16.8 Å². The molecule has 0 fully saturated rings. The molecule has 3 aromatic rings. The Bertz CT molecular complexity index is 1130. The van der Waals surface area contributed by atoms with Crippen LogP contribution in [-0.4, -0.2) is 32.9 Å². The molecule has 0 radical (unpaired) electrons. The molecule has 166 valence electrons. The van der Waals surface area contributed by atoms with Crippen LogP contribution >= 0.6 is 11.8 Å². The van der Waals surface area contributed by atoms with Gasteiger partial charge in [-0.1, -0.05) is 42.4 Å². The second-order valence-corrected chi connectivity index (χ2v) is 9.14. The normalized spacial score (nSPS) is 11.0. The zero-order valence-electron chi connectivity index (χ0n) is 18.4. The molecule has 0 aliphatic carbocycles. The van der Waals surface area contributed by atoms with Gasteiger partial charge in [-0.05, 0) is 42.4 Å². The summed E-state index contributed by atoms with van der Waals surface area (Å²) in [5.74, 6) is -0.346. The topological polar surface area (TPSA) is 134 Å². The van der Waals surface area contributed by atoms with Crippen molar-refractivity contribution in [2.45, 2.75) is 37.1 Å². The second-order valence-electron chi connectivity index (χ2n) is 7.52. The molecule has 0 saturated carbocycles. The van der Waals surface area contributed by atoms with Crippen LogP contribution in [0.1, 0.15) is 30.7 Å². The maximum absolute atomic E-state index is 12.8. The van der Waals surface area contributed by atoms with Gasteiger partial charge in [0.25, 0.3) is 0 Å². The van der Waals surface area contributed by atoms with Gasteiger partial charge in [0.05, 0.1) is 11.9 Å². The van der Waals surface area contributed by atoms with Crippen molar-refractivity contribution in [3.63, 3.8) is 0 Å². The van der Waals surface area contributed by atoms with Crippen LogP contribution < -0.4 is 16.8 Å². The zero-order chi connectivity index (χ0) is 23.3. The first-order chi connectivity index (χ1) is 15.3. The van der Waals surface area contributed by atoms with Crippen molar-refractivity contribution in [1.29, 1.82) is 5.41 Å². The van der Waals surface area contributed by atoms with Crippen molar-refractivity contribution < 1.29 is 4.76 Å². The summed E-state index contributed by atoms with van der Waals surface area (Å²) in [7, 11) is 1.85. The molecule has 8 nitrogen and oxygen atoms in total. The summed E-state index contributed by atoms with van der Waals surface area (Å²) in [5, 5.41) is 11.9. The van der Waals surface area contributed by atoms with E-state index in [-0.39, 0.29) is 17.3 Å². The average Bonchev–Trinajstić information content (AvgIpc) is 2.79. The third-order valence-corrected chi connectivity index (χ3v) is 5.84. The molecule has 3 rings (SSSR count). The summed E-state index contributed by atoms with van der Waals surface area (Å²) < 4.78 is 0.501. The Morgan fingerprint density at radius 1 is 1.22 bits per heavy atom. The van der Waals surface area contributed by atoms with Crippen LogP contribution in [-0.2, 0) is 13.1 Å². The fraction of sp³-hybridized carbons (Fsp3) is 0.261. The highest BCUT2D eigenvalue weighted by Gasteiger charge is 2.26. The molecule has 9 heteroatoms. The molecule has 0 aliphatic rings. The number of benzene rings is 2. The third-order valence-electron chi connectivity index (χ3n) is 4.72. The van der Waals surface area contributed by atoms with Crippen molar-refractivity contribution in [1.82, 2.24) is 15.3 Å². The summed E-state index contributed by atoms with van der Waals surface area (Å²) in [6.07, 6.45) is 1.54. The van der Waals surface area contributed by atoms with Gasteiger partial charge in [-0.3, -0.25) is 0 Å². The number of hydrogen-bond acceptors (Lipinski definition) is 8. The van der Waals surface area contributed by atoms with Crippen molar-refractivity contribution in [3.8, 4) is 11.3 Å². The van der Waals surface area contributed by atoms with Crippen molar-refractivity contribution in [2.75, 3.05) is 12.8 Å². The van der Waals surface area contributed by atoms with Gasteiger partial charge in [0.15, 0.2) is 11.5 Å². The number of nitrogens with one attached hydrogen (secondary N) is 2. The molecule has 0 atom stereocenters. The van der Waals surface area contributed by atoms with Gasteiger partial charge >= 0.3 is 5.84 Å². The molecular weight excluding hydrogens is 422 g/mol. The quantitative estimate of drug-likeness (QED) is 0.177. The SMILES string of the molecule is CNCc1ccc([N+](=O)C(=N)c2nc(-c3ccc(SC(C)C)c(CN)c3)cnc2N)cc1. The highest BCUT2D eigenvalue weighted by molar-refractivity contribution is 8.00. The number of amidine groups is 1. The van der Waals surface area contributed by atoms with Crippen LogP contribution in [0, 0.1) is 10.3 Å². The number of nitrogens with two attached hydrogens (primary N) is 2. The van der Waals surface area contributed by atoms with E-state index in [2.05, 4.69) is 29.1 Å². The molecule has 0 saturated heterocycles. The first-order valence-corrected chi connectivity index (χ1v) is 11.1. The smallest absolute Gasteiger partial charge is 0.382 e. The van der Waals surface area contributed by atoms with Crippen molar-refractivity contribution >= 4 is 29.1 Å². The van der Waals surface area contributed by atoms with Crippen molar-refractivity contribution in [2.24, 2.45) is 5.73 Å². The maximum atomic E-state index is 12.8. The minimum Gasteiger partial charge on any atom is -0.382 e. The van der Waals surface area contributed by atoms with E-state index >= 15 is 0 Å². The van der Waals surface area contributed by atoms with E-state index in [1.165, 1.54) is 0 Å². The Labute approximate surface area is 191 Å². The minimum absolute atomic E-state index is 0.0254. The highest BCUT2D eigenvalue weighted by Crippen LogP contribution is 2.30. The number of anilines is 1. The zero-order valence-corrected chi connectivity index (χ0v) is 19.2. The lowest BCUT2D eigenvalue weighted by Crippen LogP contribution is -2.18. The van der Waals surface area contributed by atoms with Crippen LogP contribution in [0.15, 0.2) is 53.6 Å². The summed E-state index contributed by atoms with van der Waals surface area (Å²) >= 11 is 1.75. The van der Waals surface area contributed by atoms with Gasteiger partial charge in [0.1, 0.15) is 0 Å². The maximum Gasteiger partial charge on any atom is 0.388 e. The largest absolute Gasteiger partial charge is 0.388 e. The van der Waals surface area contributed by atoms with E-state index in [1.54, 1.807) is 30.1 Å². The number of aromatic nitrogens is 2. The minimum atomic E-state index is -0.371. The van der Waals surface area contributed by atoms with Gasteiger partial charge in [-0.25, -0.2) is 9.97 Å². The van der Waals surface area contributed by atoms with E-state index < -0.39 is 0 Å². The highest BCUT2D eigenvalue weighted by atomic mass is 32.2. The van der Waals surface area contributed by atoms with Gasteiger partial charge in [-0.15, -0.1) is 11.8 Å². The molecule has 32 heavy (non-hydrogen) atoms. The monoisotopic (exact) mass is 450 g/mol. The Morgan fingerprint density at radius 3 is 2.56 bits per heavy atom. The molecule has 0 unspecified atom stereocenters. The molecule has 0 amide bonds. The fourth-order valence-electron chi connectivity index (χ4n) is 3.16. The molecule has 6 N–H and O–H groups in total. The lowest BCUT2D eigenvalue weighted by molar-refractivity contribution is -0.331. The predicted octanol–water partition coefficient (Wildman–Crippen LogP) is 3.84. The molecule has 1 aromatic heterocycles. The van der Waals surface area contributed by atoms with Crippen LogP contribution in [0.5, 0.6) is 0 Å². The molecule has 1 heterocycles. The number of thioether (sulfide) groups is 1. The number of nitroso groups, excluding NO2 is 1. The second kappa shape index (κ2) is 10.4. The Morgan fingerprint density at radius 2 is 1.94 bits per heavy atom. The van der Waals surface area contributed by atoms with Gasteiger partial charge in [0.2, 0.25) is 5.69 Å². The third kappa shape index (κ3) is 5.37. The lowest BCUT2D eigenvalue weighted by Gasteiger charge is -2.12. The average molecular weight is 451 g/mol. The predicted molar refractivity (Wildman–Crippen MR) is 130 cm³/mol. The molecule has 2 aromatic carbocycles. The Balaban J connectivity index is 1.91. The first kappa shape index (κ1) is 23.5. The molecule has 0 bridgehead atoms. The summed E-state index contributed by atoms with van der Waals surface area (Å²) in [4.78, 5) is 22.6. The Hall–Kier alpha value is -3.14. The summed E-state index contributed by atoms with van der Waals surface area (Å²) in [6.45, 7) is 5.35. The van der Waals surface area contributed by atoms with E-state index in [0.717, 1.165) is 21.6 Å². The number of hydrogen-bond donors (Lipinski definition) is 4. The Kier molecular flexibility index (Phi) is 7.68. The molecule has 0 aliphatic heterocycles. The van der Waals surface area contributed by atoms with Crippen LogP contribution in [0.3, 0.4) is 0 Å². The van der Waals surface area contributed by atoms with Gasteiger partial charge in [-0.2, -0.15) is 0 Å². The van der Waals surface area contributed by atoms with E-state index in [4.69, 9.17) is 16.9 Å². The number of rotatable bonds is 8. The van der Waals surface area contributed by atoms with Gasteiger partial charge in [0, 0.05) is 33.6 Å². The van der Waals surface area contributed by atoms with E-state index in [9.17, 15) is 4.91 Å². The number of nitrogens with zero attached hydrogens (tertiary/aromatic N) is 3. The van der Waals surface area contributed by atoms with E-state index in [1.807, 2.05) is 37.4 Å². The van der Waals surface area contributed by atoms with Crippen LogP contribution in [0.4, 0.5) is 11.5 Å². The van der Waals surface area contributed by atoms with Crippen LogP contribution in [0.25, 0.3) is 11.3 Å². The molecular formula is C23H28N7OS+. The van der Waals surface area contributed by atoms with Crippen molar-refractivity contribution in [3.05, 3.63) is 70.4 Å². The first-order valence-electron chi connectivity index (χ1n) is 10.3. The van der Waals surface area contributed by atoms with E-state index in [0.29, 0.717) is 34.5 Å². The number of nitrogen functional groups attached to an aromatic ring is 1.